The first-order valence-electron chi connectivity index (χ1n) is 10.3. The minimum Gasteiger partial charge on any atom is -0.353 e. The molecule has 2 aliphatic rings. The fourth-order valence-corrected chi connectivity index (χ4v) is 4.36. The predicted octanol–water partition coefficient (Wildman–Crippen LogP) is 1.71. The molecule has 0 atom stereocenters. The molecule has 0 radical (unpaired) electrons. The molecule has 1 aliphatic heterocycles. The van der Waals surface area contributed by atoms with E-state index in [0.717, 1.165) is 51.9 Å². The summed E-state index contributed by atoms with van der Waals surface area (Å²) in [4.78, 5) is 19.6. The molecule has 1 aromatic heterocycles. The molecule has 0 bridgehead atoms. The maximum atomic E-state index is 13.1. The Morgan fingerprint density at radius 1 is 1.21 bits per heavy atom. The highest BCUT2D eigenvalue weighted by Crippen LogP contribution is 2.24. The third-order valence-corrected chi connectivity index (χ3v) is 6.68. The second kappa shape index (κ2) is 9.56. The van der Waals surface area contributed by atoms with Crippen molar-refractivity contribution < 1.29 is 13.2 Å². The van der Waals surface area contributed by atoms with Crippen molar-refractivity contribution >= 4 is 27.4 Å². The SMILES string of the molecule is CCS(=O)(=O)Nc1cnc(N2CCNCC2)c(C(=O)NC2CCCCCC2)c1. The van der Waals surface area contributed by atoms with E-state index in [4.69, 9.17) is 0 Å². The minimum atomic E-state index is -3.43. The number of carbonyl (C=O) groups excluding carboxylic acids is 1. The van der Waals surface area contributed by atoms with Crippen LogP contribution in [0, 0.1) is 0 Å². The summed E-state index contributed by atoms with van der Waals surface area (Å²) in [5.41, 5.74) is 0.759. The van der Waals surface area contributed by atoms with Crippen molar-refractivity contribution in [3.8, 4) is 0 Å². The summed E-state index contributed by atoms with van der Waals surface area (Å²) in [6.45, 7) is 4.75. The van der Waals surface area contributed by atoms with E-state index in [-0.39, 0.29) is 17.7 Å². The van der Waals surface area contributed by atoms with E-state index in [1.165, 1.54) is 19.0 Å². The molecule has 9 heteroatoms. The second-order valence-electron chi connectivity index (χ2n) is 7.50. The van der Waals surface area contributed by atoms with Crippen molar-refractivity contribution in [1.29, 1.82) is 0 Å². The molecule has 2 fully saturated rings. The molecule has 1 amide bonds. The number of aromatic nitrogens is 1. The molecule has 0 unspecified atom stereocenters. The van der Waals surface area contributed by atoms with Gasteiger partial charge in [0.2, 0.25) is 10.0 Å². The Balaban J connectivity index is 1.85. The van der Waals surface area contributed by atoms with Gasteiger partial charge in [0, 0.05) is 32.2 Å². The number of nitrogens with one attached hydrogen (secondary N) is 3. The highest BCUT2D eigenvalue weighted by molar-refractivity contribution is 7.92. The zero-order chi connectivity index (χ0) is 20.0. The summed E-state index contributed by atoms with van der Waals surface area (Å²) in [6, 6.07) is 1.78. The summed E-state index contributed by atoms with van der Waals surface area (Å²) >= 11 is 0. The molecule has 8 nitrogen and oxygen atoms in total. The van der Waals surface area contributed by atoms with Gasteiger partial charge in [0.15, 0.2) is 0 Å². The largest absolute Gasteiger partial charge is 0.353 e. The van der Waals surface area contributed by atoms with Crippen LogP contribution >= 0.6 is 0 Å². The first kappa shape index (κ1) is 20.9. The Hall–Kier alpha value is -1.87. The van der Waals surface area contributed by atoms with Crippen LogP contribution < -0.4 is 20.3 Å². The lowest BCUT2D eigenvalue weighted by atomic mass is 10.1. The van der Waals surface area contributed by atoms with Crippen LogP contribution in [-0.2, 0) is 10.0 Å². The normalized spacial score (nSPS) is 19.1. The lowest BCUT2D eigenvalue weighted by molar-refractivity contribution is 0.0933. The first-order chi connectivity index (χ1) is 13.5. The van der Waals surface area contributed by atoms with E-state index in [1.807, 2.05) is 0 Å². The topological polar surface area (TPSA) is 103 Å². The van der Waals surface area contributed by atoms with Gasteiger partial charge in [-0.1, -0.05) is 25.7 Å². The predicted molar refractivity (Wildman–Crippen MR) is 111 cm³/mol. The number of carbonyl (C=O) groups is 1. The number of sulfonamides is 1. The molecule has 28 heavy (non-hydrogen) atoms. The summed E-state index contributed by atoms with van der Waals surface area (Å²) in [6.07, 6.45) is 8.17. The van der Waals surface area contributed by atoms with Gasteiger partial charge >= 0.3 is 0 Å². The number of amides is 1. The van der Waals surface area contributed by atoms with Crippen LogP contribution in [0.15, 0.2) is 12.3 Å². The van der Waals surface area contributed by atoms with E-state index in [0.29, 0.717) is 17.1 Å². The summed E-state index contributed by atoms with van der Waals surface area (Å²) < 4.78 is 26.4. The number of pyridine rings is 1. The lowest BCUT2D eigenvalue weighted by Gasteiger charge is -2.30. The van der Waals surface area contributed by atoms with Gasteiger partial charge in [-0.2, -0.15) is 0 Å². The number of hydrogen-bond donors (Lipinski definition) is 3. The Labute approximate surface area is 167 Å². The van der Waals surface area contributed by atoms with Gasteiger partial charge in [-0.05, 0) is 25.8 Å². The second-order valence-corrected chi connectivity index (χ2v) is 9.51. The number of piperazine rings is 1. The summed E-state index contributed by atoms with van der Waals surface area (Å²) in [7, 11) is -3.43. The van der Waals surface area contributed by atoms with Crippen molar-refractivity contribution in [1.82, 2.24) is 15.6 Å². The fourth-order valence-electron chi connectivity index (χ4n) is 3.75. The van der Waals surface area contributed by atoms with Gasteiger partial charge in [-0.15, -0.1) is 0 Å². The summed E-state index contributed by atoms with van der Waals surface area (Å²) in [5.74, 6) is 0.411. The highest BCUT2D eigenvalue weighted by atomic mass is 32.2. The minimum absolute atomic E-state index is 0.0316. The molecule has 2 heterocycles. The maximum absolute atomic E-state index is 13.1. The van der Waals surface area contributed by atoms with Crippen molar-refractivity contribution in [2.75, 3.05) is 41.6 Å². The molecule has 3 rings (SSSR count). The Morgan fingerprint density at radius 3 is 2.54 bits per heavy atom. The number of hydrogen-bond acceptors (Lipinski definition) is 6. The van der Waals surface area contributed by atoms with Crippen molar-refractivity contribution in [3.05, 3.63) is 17.8 Å². The molecule has 1 aromatic rings. The molecule has 0 spiro atoms. The quantitative estimate of drug-likeness (QED) is 0.618. The van der Waals surface area contributed by atoms with Crippen LogP contribution in [0.5, 0.6) is 0 Å². The maximum Gasteiger partial charge on any atom is 0.255 e. The van der Waals surface area contributed by atoms with Crippen LogP contribution in [0.3, 0.4) is 0 Å². The third-order valence-electron chi connectivity index (χ3n) is 5.37. The van der Waals surface area contributed by atoms with Gasteiger partial charge in [0.05, 0.1) is 23.2 Å². The van der Waals surface area contributed by atoms with Crippen molar-refractivity contribution in [2.24, 2.45) is 0 Å². The number of anilines is 2. The molecular formula is C19H31N5O3S. The van der Waals surface area contributed by atoms with Crippen molar-refractivity contribution in [3.63, 3.8) is 0 Å². The third kappa shape index (κ3) is 5.57. The smallest absolute Gasteiger partial charge is 0.255 e. The monoisotopic (exact) mass is 409 g/mol. The Bertz CT molecular complexity index is 770. The van der Waals surface area contributed by atoms with Crippen LogP contribution in [0.2, 0.25) is 0 Å². The van der Waals surface area contributed by atoms with Crippen LogP contribution in [-0.4, -0.2) is 57.3 Å². The first-order valence-corrected chi connectivity index (χ1v) is 11.9. The van der Waals surface area contributed by atoms with Gasteiger partial charge in [0.25, 0.3) is 5.91 Å². The van der Waals surface area contributed by atoms with E-state index in [2.05, 4.69) is 25.2 Å². The number of rotatable bonds is 6. The zero-order valence-electron chi connectivity index (χ0n) is 16.5. The lowest BCUT2D eigenvalue weighted by Crippen LogP contribution is -2.45. The van der Waals surface area contributed by atoms with Crippen LogP contribution in [0.4, 0.5) is 11.5 Å². The Kier molecular flexibility index (Phi) is 7.12. The Morgan fingerprint density at radius 2 is 1.89 bits per heavy atom. The molecule has 0 aromatic carbocycles. The van der Waals surface area contributed by atoms with Gasteiger partial charge in [-0.25, -0.2) is 13.4 Å². The molecule has 3 N–H and O–H groups in total. The van der Waals surface area contributed by atoms with Crippen LogP contribution in [0.25, 0.3) is 0 Å². The van der Waals surface area contributed by atoms with Crippen molar-refractivity contribution in [2.45, 2.75) is 51.5 Å². The average molecular weight is 410 g/mol. The highest BCUT2D eigenvalue weighted by Gasteiger charge is 2.23. The standard InChI is InChI=1S/C19H31N5O3S/c1-2-28(26,27)23-16-13-17(18(21-14-16)24-11-9-20-10-12-24)19(25)22-15-7-5-3-4-6-8-15/h13-15,20,23H,2-12H2,1H3,(H,22,25). The zero-order valence-corrected chi connectivity index (χ0v) is 17.4. The summed E-state index contributed by atoms with van der Waals surface area (Å²) in [5, 5.41) is 6.45. The molecule has 1 saturated carbocycles. The van der Waals surface area contributed by atoms with Crippen LogP contribution in [0.1, 0.15) is 55.8 Å². The number of nitrogens with zero attached hydrogens (tertiary/aromatic N) is 2. The molecule has 1 saturated heterocycles. The molecule has 1 aliphatic carbocycles. The van der Waals surface area contributed by atoms with Gasteiger partial charge < -0.3 is 15.5 Å². The van der Waals surface area contributed by atoms with E-state index >= 15 is 0 Å². The molecule has 156 valence electrons. The van der Waals surface area contributed by atoms with Gasteiger partial charge in [0.1, 0.15) is 5.82 Å². The van der Waals surface area contributed by atoms with E-state index in [9.17, 15) is 13.2 Å². The van der Waals surface area contributed by atoms with E-state index in [1.54, 1.807) is 13.0 Å². The van der Waals surface area contributed by atoms with E-state index < -0.39 is 10.0 Å². The average Bonchev–Trinajstić information content (AvgIpc) is 2.97. The fraction of sp³-hybridized carbons (Fsp3) is 0.684. The van der Waals surface area contributed by atoms with Gasteiger partial charge in [-0.3, -0.25) is 9.52 Å². The molecular weight excluding hydrogens is 378 g/mol.